The van der Waals surface area contributed by atoms with Gasteiger partial charge in [-0.15, -0.1) is 5.10 Å². The van der Waals surface area contributed by atoms with Crippen molar-refractivity contribution in [1.29, 1.82) is 0 Å². The lowest BCUT2D eigenvalue weighted by molar-refractivity contribution is -0.140. The summed E-state index contributed by atoms with van der Waals surface area (Å²) in [5.74, 6) is 1.24. The number of hydrogen-bond donors (Lipinski definition) is 3. The molecule has 206 valence electrons. The summed E-state index contributed by atoms with van der Waals surface area (Å²) < 4.78 is 48.8. The highest BCUT2D eigenvalue weighted by Gasteiger charge is 2.39. The molecule has 0 saturated heterocycles. The van der Waals surface area contributed by atoms with Gasteiger partial charge in [0.25, 0.3) is 0 Å². The molecular weight excluding hydrogens is 579 g/mol. The molecule has 5 atom stereocenters. The molecule has 5 unspecified atom stereocenters. The molecule has 0 bridgehead atoms. The molecule has 0 saturated carbocycles. The molecule has 0 fully saturated rings. The highest BCUT2D eigenvalue weighted by atomic mass is 32.4. The van der Waals surface area contributed by atoms with E-state index in [4.69, 9.17) is 36.3 Å². The number of methoxy groups -OCH3 is 2. The Morgan fingerprint density at radius 2 is 1.53 bits per heavy atom. The molecule has 2 aromatic carbocycles. The minimum Gasteiger partial charge on any atom is -0.497 e. The lowest BCUT2D eigenvalue weighted by Crippen LogP contribution is -2.45. The molecule has 13 nitrogen and oxygen atoms in total. The topological polar surface area (TPSA) is 160 Å². The molecule has 0 spiro atoms. The maximum Gasteiger partial charge on any atom is 0.555 e. The maximum atomic E-state index is 11.8. The fraction of sp³-hybridized carbons (Fsp3) is 0.381. The molecule has 3 N–H and O–H groups in total. The van der Waals surface area contributed by atoms with E-state index in [1.807, 2.05) is 24.3 Å². The molecule has 2 rings (SSSR count). The molecule has 38 heavy (non-hydrogen) atoms. The summed E-state index contributed by atoms with van der Waals surface area (Å²) in [6.45, 7) is 0. The molecule has 0 aromatic heterocycles. The van der Waals surface area contributed by atoms with E-state index in [0.717, 1.165) is 11.3 Å². The Morgan fingerprint density at radius 3 is 2.03 bits per heavy atom. The fourth-order valence-corrected chi connectivity index (χ4v) is 5.54. The summed E-state index contributed by atoms with van der Waals surface area (Å²) in [4.78, 5) is 1.26. The average Bonchev–Trinajstić information content (AvgIpc) is 2.94. The molecule has 0 heterocycles. The largest absolute Gasteiger partial charge is 0.555 e. The van der Waals surface area contributed by atoms with Gasteiger partial charge in [-0.1, -0.05) is 16.9 Å². The van der Waals surface area contributed by atoms with Crippen molar-refractivity contribution in [3.05, 3.63) is 59.7 Å². The van der Waals surface area contributed by atoms with Crippen molar-refractivity contribution >= 4 is 41.2 Å². The predicted octanol–water partition coefficient (Wildman–Crippen LogP) is 4.37. The van der Waals surface area contributed by atoms with Gasteiger partial charge in [0.15, 0.2) is 12.0 Å². The van der Waals surface area contributed by atoms with Gasteiger partial charge in [-0.25, -0.2) is 15.4 Å². The number of rotatable bonds is 17. The third kappa shape index (κ3) is 10.6. The van der Waals surface area contributed by atoms with Crippen molar-refractivity contribution in [2.24, 2.45) is 5.10 Å². The maximum absolute atomic E-state index is 11.8. The van der Waals surface area contributed by atoms with Crippen LogP contribution in [0.15, 0.2) is 53.6 Å². The first-order valence-electron chi connectivity index (χ1n) is 10.8. The van der Waals surface area contributed by atoms with Crippen LogP contribution in [0.3, 0.4) is 0 Å². The zero-order chi connectivity index (χ0) is 28.1. The fourth-order valence-electron chi connectivity index (χ4n) is 3.13. The van der Waals surface area contributed by atoms with Gasteiger partial charge in [0, 0.05) is 16.5 Å². The van der Waals surface area contributed by atoms with Crippen LogP contribution in [0.1, 0.15) is 11.1 Å². The Kier molecular flexibility index (Phi) is 14.2. The van der Waals surface area contributed by atoms with Crippen LogP contribution in [0.4, 0.5) is 0 Å². The van der Waals surface area contributed by atoms with Crippen LogP contribution >= 0.6 is 23.1 Å². The van der Waals surface area contributed by atoms with Crippen LogP contribution in [-0.4, -0.2) is 77.7 Å². The molecule has 0 radical (unpaired) electrons. The standard InChI is InChI=1S/C21H27N3O10P3S/c1-23(22-13-17-6-8-18(30-2)9-7-17)37(38)32-19-10-4-16(5-11-19)12-20(21(25)31-3)24(14-35(28)33-26)15-36(29)34-27/h4-11,13,20-21,25H,12,14-15H2,1-3H3/q+1/p+2/b22-13+. The molecule has 17 heteroatoms. The Bertz CT molecular complexity index is 1080. The van der Waals surface area contributed by atoms with Gasteiger partial charge in [0.05, 0.1) is 26.4 Å². The van der Waals surface area contributed by atoms with Gasteiger partial charge in [0.1, 0.15) is 5.75 Å². The minimum atomic E-state index is -2.58. The Hall–Kier alpha value is -2.05. The van der Waals surface area contributed by atoms with Crippen molar-refractivity contribution in [1.82, 2.24) is 9.68 Å². The molecule has 0 aliphatic carbocycles. The Balaban J connectivity index is 2.07. The monoisotopic (exact) mass is 608 g/mol. The SMILES string of the molecule is COc1ccc(/C=N/N(C)[P+](=S)Oc2ccc(CC(C(O)OC)N(C[P+](=O)OO)C[P+](=O)OO)cc2)cc1. The van der Waals surface area contributed by atoms with Gasteiger partial charge >= 0.3 is 23.1 Å². The number of benzene rings is 2. The normalized spacial score (nSPS) is 14.2. The van der Waals surface area contributed by atoms with E-state index in [-0.39, 0.29) is 6.42 Å². The van der Waals surface area contributed by atoms with Crippen molar-refractivity contribution in [3.8, 4) is 11.5 Å². The zero-order valence-corrected chi connectivity index (χ0v) is 24.3. The molecule has 2 aromatic rings. The van der Waals surface area contributed by atoms with Gasteiger partial charge in [-0.2, -0.15) is 0 Å². The summed E-state index contributed by atoms with van der Waals surface area (Å²) in [5, 5.41) is 32.1. The summed E-state index contributed by atoms with van der Waals surface area (Å²) in [6.07, 6.45) is -0.412. The van der Waals surface area contributed by atoms with Crippen LogP contribution in [0.5, 0.6) is 11.5 Å². The van der Waals surface area contributed by atoms with Crippen LogP contribution < -0.4 is 9.26 Å². The summed E-state index contributed by atoms with van der Waals surface area (Å²) >= 11 is 5.45. The summed E-state index contributed by atoms with van der Waals surface area (Å²) in [5.41, 5.74) is 1.58. The number of aliphatic hydroxyl groups is 1. The first-order valence-corrected chi connectivity index (χ1v) is 15.8. The molecule has 0 amide bonds. The lowest BCUT2D eigenvalue weighted by atomic mass is 10.0. The second-order valence-electron chi connectivity index (χ2n) is 7.58. The van der Waals surface area contributed by atoms with E-state index in [2.05, 4.69) is 14.5 Å². The number of aliphatic hydroxyl groups excluding tert-OH is 1. The van der Waals surface area contributed by atoms with E-state index < -0.39 is 48.0 Å². The highest BCUT2D eigenvalue weighted by molar-refractivity contribution is 8.02. The van der Waals surface area contributed by atoms with Crippen molar-refractivity contribution < 1.29 is 48.1 Å². The number of hydrogen-bond acceptors (Lipinski definition) is 13. The van der Waals surface area contributed by atoms with Gasteiger partial charge < -0.3 is 14.6 Å². The smallest absolute Gasteiger partial charge is 0.497 e. The van der Waals surface area contributed by atoms with E-state index >= 15 is 0 Å². The van der Waals surface area contributed by atoms with Crippen molar-refractivity contribution in [2.75, 3.05) is 33.8 Å². The first-order chi connectivity index (χ1) is 18.2. The third-order valence-corrected chi connectivity index (χ3v) is 8.52. The minimum absolute atomic E-state index is 0.146. The van der Waals surface area contributed by atoms with E-state index in [0.29, 0.717) is 11.3 Å². The van der Waals surface area contributed by atoms with E-state index in [1.165, 1.54) is 12.0 Å². The predicted molar refractivity (Wildman–Crippen MR) is 144 cm³/mol. The number of ether oxygens (including phenoxy) is 2. The van der Waals surface area contributed by atoms with Crippen LogP contribution in [0, 0.1) is 0 Å². The summed E-state index contributed by atoms with van der Waals surface area (Å²) in [6, 6.07) is 13.3. The lowest BCUT2D eigenvalue weighted by Gasteiger charge is -2.27. The first kappa shape index (κ1) is 32.2. The van der Waals surface area contributed by atoms with Gasteiger partial charge in [-0.05, 0) is 63.1 Å². The number of hydrazone groups is 1. The van der Waals surface area contributed by atoms with Gasteiger partial charge in [-0.3, -0.25) is 4.52 Å². The molecule has 0 aliphatic heterocycles. The summed E-state index contributed by atoms with van der Waals surface area (Å²) in [7, 11) is -2.12. The van der Waals surface area contributed by atoms with Crippen LogP contribution in [0.25, 0.3) is 0 Å². The number of nitrogens with zero attached hydrogens (tertiary/aromatic N) is 3. The quantitative estimate of drug-likeness (QED) is 0.0765. The van der Waals surface area contributed by atoms with Crippen molar-refractivity contribution in [3.63, 3.8) is 0 Å². The van der Waals surface area contributed by atoms with E-state index in [9.17, 15) is 14.2 Å². The van der Waals surface area contributed by atoms with Crippen molar-refractivity contribution in [2.45, 2.75) is 18.8 Å². The second-order valence-corrected chi connectivity index (χ2v) is 12.0. The molecule has 0 aliphatic rings. The second kappa shape index (κ2) is 16.8. The highest BCUT2D eigenvalue weighted by Crippen LogP contribution is 2.33. The van der Waals surface area contributed by atoms with Crippen LogP contribution in [0.2, 0.25) is 0 Å². The molecular formula is C21H29N3O10P3S+3. The third-order valence-electron chi connectivity index (χ3n) is 5.09. The Morgan fingerprint density at radius 1 is 0.974 bits per heavy atom. The van der Waals surface area contributed by atoms with Gasteiger partial charge in [0.2, 0.25) is 24.4 Å². The van der Waals surface area contributed by atoms with Crippen LogP contribution in [-0.2, 0) is 41.4 Å². The Labute approximate surface area is 227 Å². The van der Waals surface area contributed by atoms with E-state index in [1.54, 1.807) is 49.4 Å². The average molecular weight is 608 g/mol. The zero-order valence-electron chi connectivity index (χ0n) is 20.8.